The van der Waals surface area contributed by atoms with Crippen molar-refractivity contribution in [2.24, 2.45) is 0 Å². The first-order chi connectivity index (χ1) is 11.3. The number of rotatable bonds is 9. The fraction of sp³-hybridized carbons (Fsp3) is 0.588. The van der Waals surface area contributed by atoms with E-state index in [1.54, 1.807) is 7.11 Å². The molecule has 0 bridgehead atoms. The summed E-state index contributed by atoms with van der Waals surface area (Å²) >= 11 is 0. The lowest BCUT2D eigenvalue weighted by Gasteiger charge is -2.21. The van der Waals surface area contributed by atoms with Crippen molar-refractivity contribution < 1.29 is 4.74 Å². The molecule has 1 fully saturated rings. The Labute approximate surface area is 137 Å². The van der Waals surface area contributed by atoms with Gasteiger partial charge in [-0.25, -0.2) is 4.68 Å². The molecule has 2 aromatic rings. The molecule has 0 unspecified atom stereocenters. The predicted molar refractivity (Wildman–Crippen MR) is 88.0 cm³/mol. The van der Waals surface area contributed by atoms with Crippen LogP contribution in [-0.2, 0) is 19.6 Å². The van der Waals surface area contributed by atoms with E-state index in [0.717, 1.165) is 44.0 Å². The number of hydrogen-bond donors (Lipinski definition) is 0. The number of benzene rings is 1. The molecule has 1 heterocycles. The van der Waals surface area contributed by atoms with Crippen molar-refractivity contribution >= 4 is 0 Å². The molecule has 1 saturated carbocycles. The number of unbranched alkanes of at least 4 members (excludes halogenated alkanes) is 1. The first-order valence-electron chi connectivity index (χ1n) is 8.42. The predicted octanol–water partition coefficient (Wildman–Crippen LogP) is 2.65. The Bertz CT molecular complexity index is 606. The van der Waals surface area contributed by atoms with Crippen LogP contribution >= 0.6 is 0 Å². The Morgan fingerprint density at radius 2 is 2.00 bits per heavy atom. The van der Waals surface area contributed by atoms with Gasteiger partial charge in [0.1, 0.15) is 5.75 Å². The minimum absolute atomic E-state index is 0.661. The van der Waals surface area contributed by atoms with Gasteiger partial charge in [-0.05, 0) is 47.4 Å². The summed E-state index contributed by atoms with van der Waals surface area (Å²) in [5.41, 5.74) is 1.30. The lowest BCUT2D eigenvalue weighted by Crippen LogP contribution is -2.27. The maximum atomic E-state index is 5.23. The number of nitrogens with zero attached hydrogens (tertiary/aromatic N) is 5. The third-order valence-electron chi connectivity index (χ3n) is 4.28. The van der Waals surface area contributed by atoms with Gasteiger partial charge in [-0.2, -0.15) is 0 Å². The summed E-state index contributed by atoms with van der Waals surface area (Å²) in [6, 6.07) is 8.97. The van der Waals surface area contributed by atoms with E-state index in [4.69, 9.17) is 4.74 Å². The molecule has 0 radical (unpaired) electrons. The fourth-order valence-electron chi connectivity index (χ4n) is 2.72. The van der Waals surface area contributed by atoms with Crippen LogP contribution in [0.2, 0.25) is 0 Å². The minimum Gasteiger partial charge on any atom is -0.497 e. The molecule has 0 atom stereocenters. The Balaban J connectivity index is 1.66. The Morgan fingerprint density at radius 3 is 2.65 bits per heavy atom. The van der Waals surface area contributed by atoms with Gasteiger partial charge >= 0.3 is 0 Å². The number of tetrazole rings is 1. The van der Waals surface area contributed by atoms with Crippen molar-refractivity contribution in [3.05, 3.63) is 35.7 Å². The van der Waals surface area contributed by atoms with Crippen molar-refractivity contribution in [2.45, 2.75) is 58.3 Å². The summed E-state index contributed by atoms with van der Waals surface area (Å²) in [5, 5.41) is 12.2. The van der Waals surface area contributed by atoms with E-state index < -0.39 is 0 Å². The molecule has 1 aromatic heterocycles. The summed E-state index contributed by atoms with van der Waals surface area (Å²) in [5.74, 6) is 1.87. The van der Waals surface area contributed by atoms with Gasteiger partial charge in [0.25, 0.3) is 0 Å². The molecular weight excluding hydrogens is 290 g/mol. The SMILES string of the molecule is CCCCn1nnnc1CN(Cc1ccc(OC)cc1)C1CC1. The van der Waals surface area contributed by atoms with Gasteiger partial charge in [0.2, 0.25) is 0 Å². The minimum atomic E-state index is 0.661. The Kier molecular flexibility index (Phi) is 5.23. The van der Waals surface area contributed by atoms with Crippen molar-refractivity contribution in [1.82, 2.24) is 25.1 Å². The molecule has 0 amide bonds. The van der Waals surface area contributed by atoms with Crippen LogP contribution in [-0.4, -0.2) is 38.3 Å². The maximum absolute atomic E-state index is 5.23. The Morgan fingerprint density at radius 1 is 1.22 bits per heavy atom. The van der Waals surface area contributed by atoms with Crippen molar-refractivity contribution in [3.8, 4) is 5.75 Å². The summed E-state index contributed by atoms with van der Waals surface area (Å²) in [7, 11) is 1.70. The van der Waals surface area contributed by atoms with Crippen LogP contribution in [0.1, 0.15) is 44.0 Å². The zero-order chi connectivity index (χ0) is 16.1. The van der Waals surface area contributed by atoms with Crippen LogP contribution in [0.3, 0.4) is 0 Å². The largest absolute Gasteiger partial charge is 0.497 e. The number of aromatic nitrogens is 4. The third kappa shape index (κ3) is 4.28. The van der Waals surface area contributed by atoms with Gasteiger partial charge in [0, 0.05) is 19.1 Å². The highest BCUT2D eigenvalue weighted by Gasteiger charge is 2.30. The van der Waals surface area contributed by atoms with Crippen molar-refractivity contribution in [1.29, 1.82) is 0 Å². The van der Waals surface area contributed by atoms with E-state index in [1.807, 2.05) is 16.8 Å². The molecule has 6 heteroatoms. The van der Waals surface area contributed by atoms with Crippen LogP contribution in [0, 0.1) is 0 Å². The van der Waals surface area contributed by atoms with Crippen LogP contribution in [0.25, 0.3) is 0 Å². The Hall–Kier alpha value is -1.95. The molecule has 0 saturated heterocycles. The molecular formula is C17H25N5O. The van der Waals surface area contributed by atoms with Crippen LogP contribution in [0.5, 0.6) is 5.75 Å². The van der Waals surface area contributed by atoms with E-state index in [0.29, 0.717) is 6.04 Å². The second-order valence-electron chi connectivity index (χ2n) is 6.16. The summed E-state index contributed by atoms with van der Waals surface area (Å²) in [4.78, 5) is 2.48. The lowest BCUT2D eigenvalue weighted by atomic mass is 10.2. The molecule has 124 valence electrons. The van der Waals surface area contributed by atoms with E-state index in [1.165, 1.54) is 18.4 Å². The number of ether oxygens (including phenoxy) is 1. The zero-order valence-electron chi connectivity index (χ0n) is 14.0. The summed E-state index contributed by atoms with van der Waals surface area (Å²) < 4.78 is 7.18. The quantitative estimate of drug-likeness (QED) is 0.712. The third-order valence-corrected chi connectivity index (χ3v) is 4.28. The topological polar surface area (TPSA) is 56.1 Å². The van der Waals surface area contributed by atoms with Crippen molar-refractivity contribution in [2.75, 3.05) is 7.11 Å². The second-order valence-corrected chi connectivity index (χ2v) is 6.16. The van der Waals surface area contributed by atoms with Crippen molar-refractivity contribution in [3.63, 3.8) is 0 Å². The monoisotopic (exact) mass is 315 g/mol. The average molecular weight is 315 g/mol. The molecule has 0 N–H and O–H groups in total. The fourth-order valence-corrected chi connectivity index (χ4v) is 2.72. The number of methoxy groups -OCH3 is 1. The van der Waals surface area contributed by atoms with Gasteiger partial charge < -0.3 is 4.74 Å². The van der Waals surface area contributed by atoms with E-state index in [-0.39, 0.29) is 0 Å². The number of hydrogen-bond acceptors (Lipinski definition) is 5. The van der Waals surface area contributed by atoms with E-state index in [9.17, 15) is 0 Å². The van der Waals surface area contributed by atoms with Crippen LogP contribution < -0.4 is 4.74 Å². The molecule has 0 aliphatic heterocycles. The number of aryl methyl sites for hydroxylation is 1. The molecule has 1 aliphatic carbocycles. The smallest absolute Gasteiger partial charge is 0.165 e. The molecule has 6 nitrogen and oxygen atoms in total. The highest BCUT2D eigenvalue weighted by Crippen LogP contribution is 2.29. The van der Waals surface area contributed by atoms with Gasteiger partial charge in [0.15, 0.2) is 5.82 Å². The molecule has 0 spiro atoms. The highest BCUT2D eigenvalue weighted by molar-refractivity contribution is 5.27. The molecule has 3 rings (SSSR count). The molecule has 23 heavy (non-hydrogen) atoms. The molecule has 1 aliphatic rings. The zero-order valence-corrected chi connectivity index (χ0v) is 14.0. The van der Waals surface area contributed by atoms with E-state index in [2.05, 4.69) is 39.5 Å². The first-order valence-corrected chi connectivity index (χ1v) is 8.42. The second kappa shape index (κ2) is 7.55. The van der Waals surface area contributed by atoms with E-state index >= 15 is 0 Å². The average Bonchev–Trinajstić information content (AvgIpc) is 3.34. The van der Waals surface area contributed by atoms with Gasteiger partial charge in [-0.15, -0.1) is 5.10 Å². The van der Waals surface area contributed by atoms with Crippen LogP contribution in [0.15, 0.2) is 24.3 Å². The maximum Gasteiger partial charge on any atom is 0.165 e. The standard InChI is InChI=1S/C17H25N5O/c1-3-4-11-22-17(18-19-20-22)13-21(15-7-8-15)12-14-5-9-16(23-2)10-6-14/h5-6,9-10,15H,3-4,7-8,11-13H2,1-2H3. The lowest BCUT2D eigenvalue weighted by molar-refractivity contribution is 0.234. The first kappa shape index (κ1) is 15.9. The van der Waals surface area contributed by atoms with Gasteiger partial charge in [0.05, 0.1) is 13.7 Å². The van der Waals surface area contributed by atoms with Crippen LogP contribution in [0.4, 0.5) is 0 Å². The van der Waals surface area contributed by atoms with Gasteiger partial charge in [-0.3, -0.25) is 4.90 Å². The van der Waals surface area contributed by atoms with Gasteiger partial charge in [-0.1, -0.05) is 25.5 Å². The normalized spacial score (nSPS) is 14.4. The highest BCUT2D eigenvalue weighted by atomic mass is 16.5. The summed E-state index contributed by atoms with van der Waals surface area (Å²) in [6.07, 6.45) is 4.80. The summed E-state index contributed by atoms with van der Waals surface area (Å²) in [6.45, 7) is 4.83. The molecule has 1 aromatic carbocycles.